The van der Waals surface area contributed by atoms with Gasteiger partial charge in [-0.2, -0.15) is 5.10 Å². The van der Waals surface area contributed by atoms with Crippen LogP contribution in [0.4, 0.5) is 11.5 Å². The van der Waals surface area contributed by atoms with Crippen molar-refractivity contribution in [3.8, 4) is 28.4 Å². The molecule has 3 aromatic heterocycles. The van der Waals surface area contributed by atoms with Crippen LogP contribution in [0.3, 0.4) is 0 Å². The average Bonchev–Trinajstić information content (AvgIpc) is 3.35. The molecule has 5 rings (SSSR count). The molecule has 1 amide bonds. The first-order valence-electron chi connectivity index (χ1n) is 13.9. The number of aromatic nitrogens is 3. The lowest BCUT2D eigenvalue weighted by atomic mass is 9.95. The Kier molecular flexibility index (Phi) is 8.30. The zero-order valence-electron chi connectivity index (χ0n) is 24.1. The molecule has 216 valence electrons. The molecule has 0 saturated heterocycles. The summed E-state index contributed by atoms with van der Waals surface area (Å²) in [7, 11) is 3.04. The number of rotatable bonds is 9. The summed E-state index contributed by atoms with van der Waals surface area (Å²) in [5.74, 6) is 1.87. The van der Waals surface area contributed by atoms with E-state index in [1.165, 1.54) is 14.2 Å². The summed E-state index contributed by atoms with van der Waals surface area (Å²) < 4.78 is 19.2. The number of aliphatic hydroxyl groups excluding tert-OH is 1. The predicted molar refractivity (Wildman–Crippen MR) is 157 cm³/mol. The number of carbonyl (C=O) groups is 1. The maximum atomic E-state index is 12.8. The molecule has 0 radical (unpaired) electrons. The van der Waals surface area contributed by atoms with Crippen LogP contribution in [0.2, 0.25) is 0 Å². The molecule has 1 fully saturated rings. The second kappa shape index (κ2) is 12.1. The van der Waals surface area contributed by atoms with Crippen LogP contribution in [0.5, 0.6) is 17.2 Å². The quantitative estimate of drug-likeness (QED) is 0.253. The van der Waals surface area contributed by atoms with Crippen LogP contribution in [0.1, 0.15) is 55.6 Å². The van der Waals surface area contributed by atoms with E-state index in [2.05, 4.69) is 26.8 Å². The number of aryl methyl sites for hydroxylation is 1. The maximum Gasteiger partial charge on any atom is 0.259 e. The minimum absolute atomic E-state index is 0.0300. The van der Waals surface area contributed by atoms with Crippen LogP contribution in [0.25, 0.3) is 16.6 Å². The fourth-order valence-corrected chi connectivity index (χ4v) is 5.12. The Morgan fingerprint density at radius 2 is 1.73 bits per heavy atom. The Hall–Kier alpha value is -4.31. The molecule has 0 unspecified atom stereocenters. The van der Waals surface area contributed by atoms with Crippen molar-refractivity contribution in [2.24, 2.45) is 0 Å². The van der Waals surface area contributed by atoms with Crippen molar-refractivity contribution in [1.29, 1.82) is 0 Å². The number of hydrogen-bond acceptors (Lipinski definition) is 8. The lowest BCUT2D eigenvalue weighted by Crippen LogP contribution is -2.30. The topological polar surface area (TPSA) is 119 Å². The molecule has 0 atom stereocenters. The van der Waals surface area contributed by atoms with Gasteiger partial charge in [-0.15, -0.1) is 0 Å². The molecule has 1 aromatic carbocycles. The van der Waals surface area contributed by atoms with Gasteiger partial charge >= 0.3 is 0 Å². The van der Waals surface area contributed by atoms with Crippen LogP contribution < -0.4 is 24.8 Å². The van der Waals surface area contributed by atoms with E-state index >= 15 is 0 Å². The summed E-state index contributed by atoms with van der Waals surface area (Å²) >= 11 is 0. The molecular weight excluding hydrogens is 522 g/mol. The second-order valence-electron chi connectivity index (χ2n) is 10.7. The largest absolute Gasteiger partial charge is 0.496 e. The first kappa shape index (κ1) is 28.2. The molecule has 1 aliphatic rings. The standard InChI is InChI=1S/C31H37N5O5/c1-18(2)33-31(38)30-26(39-4)14-21(15-27(30)40-5)34-29-16-22-13-20(10-11-36(22)35-29)25-12-19(3)32-17-28(25)41-24-8-6-23(37)7-9-24/h10-18,23-24,37H,6-9H2,1-5H3,(H,33,38)(H,34,35). The smallest absolute Gasteiger partial charge is 0.259 e. The Morgan fingerprint density at radius 3 is 2.39 bits per heavy atom. The van der Waals surface area contributed by atoms with Crippen molar-refractivity contribution in [2.75, 3.05) is 19.5 Å². The SMILES string of the molecule is COc1cc(Nc2cc3cc(-c4cc(C)ncc4OC4CCC(O)CC4)ccn3n2)cc(OC)c1C(=O)NC(C)C. The van der Waals surface area contributed by atoms with E-state index in [9.17, 15) is 9.90 Å². The molecule has 41 heavy (non-hydrogen) atoms. The van der Waals surface area contributed by atoms with Gasteiger partial charge in [0.15, 0.2) is 5.82 Å². The molecule has 1 saturated carbocycles. The van der Waals surface area contributed by atoms with Crippen molar-refractivity contribution in [2.45, 2.75) is 64.7 Å². The number of aliphatic hydroxyl groups is 1. The summed E-state index contributed by atoms with van der Waals surface area (Å²) in [5, 5.41) is 20.7. The molecule has 10 nitrogen and oxygen atoms in total. The fourth-order valence-electron chi connectivity index (χ4n) is 5.12. The van der Waals surface area contributed by atoms with E-state index in [-0.39, 0.29) is 24.2 Å². The van der Waals surface area contributed by atoms with Gasteiger partial charge in [-0.25, -0.2) is 4.52 Å². The number of nitrogens with one attached hydrogen (secondary N) is 2. The van der Waals surface area contributed by atoms with Crippen LogP contribution >= 0.6 is 0 Å². The van der Waals surface area contributed by atoms with Crippen LogP contribution in [-0.2, 0) is 0 Å². The van der Waals surface area contributed by atoms with Gasteiger partial charge < -0.3 is 30.0 Å². The summed E-state index contributed by atoms with van der Waals surface area (Å²) in [4.78, 5) is 17.3. The maximum absolute atomic E-state index is 12.8. The van der Waals surface area contributed by atoms with E-state index in [1.807, 2.05) is 45.2 Å². The van der Waals surface area contributed by atoms with E-state index in [1.54, 1.807) is 22.8 Å². The van der Waals surface area contributed by atoms with Crippen LogP contribution in [-0.4, -0.2) is 58.1 Å². The number of fused-ring (bicyclic) bond motifs is 1. The number of methoxy groups -OCH3 is 2. The Balaban J connectivity index is 1.42. The van der Waals surface area contributed by atoms with Crippen molar-refractivity contribution < 1.29 is 24.1 Å². The van der Waals surface area contributed by atoms with Gasteiger partial charge in [0.2, 0.25) is 0 Å². The number of ether oxygens (including phenoxy) is 3. The van der Waals surface area contributed by atoms with E-state index < -0.39 is 0 Å². The van der Waals surface area contributed by atoms with Gasteiger partial charge in [-0.1, -0.05) is 0 Å². The zero-order valence-corrected chi connectivity index (χ0v) is 24.1. The highest BCUT2D eigenvalue weighted by Crippen LogP contribution is 2.36. The van der Waals surface area contributed by atoms with E-state index in [4.69, 9.17) is 14.2 Å². The summed E-state index contributed by atoms with van der Waals surface area (Å²) in [6, 6.07) is 11.5. The van der Waals surface area contributed by atoms with Crippen LogP contribution in [0.15, 0.2) is 48.8 Å². The highest BCUT2D eigenvalue weighted by atomic mass is 16.5. The van der Waals surface area contributed by atoms with Crippen molar-refractivity contribution in [3.05, 3.63) is 60.0 Å². The Morgan fingerprint density at radius 1 is 1.02 bits per heavy atom. The zero-order chi connectivity index (χ0) is 29.1. The van der Waals surface area contributed by atoms with Gasteiger partial charge in [0, 0.05) is 47.4 Å². The minimum atomic E-state index is -0.267. The lowest BCUT2D eigenvalue weighted by Gasteiger charge is -2.27. The van der Waals surface area contributed by atoms with Gasteiger partial charge in [0.05, 0.1) is 38.1 Å². The third-order valence-corrected chi connectivity index (χ3v) is 7.14. The van der Waals surface area contributed by atoms with Crippen molar-refractivity contribution in [1.82, 2.24) is 19.9 Å². The first-order valence-corrected chi connectivity index (χ1v) is 13.9. The van der Waals surface area contributed by atoms with Gasteiger partial charge in [-0.05, 0) is 70.2 Å². The number of pyridine rings is 2. The van der Waals surface area contributed by atoms with Gasteiger partial charge in [0.25, 0.3) is 5.91 Å². The molecule has 0 aliphatic heterocycles. The monoisotopic (exact) mass is 559 g/mol. The molecule has 4 aromatic rings. The molecule has 1 aliphatic carbocycles. The summed E-state index contributed by atoms with van der Waals surface area (Å²) in [5.41, 5.74) is 4.75. The number of nitrogens with zero attached hydrogens (tertiary/aromatic N) is 3. The second-order valence-corrected chi connectivity index (χ2v) is 10.7. The van der Waals surface area contributed by atoms with Crippen LogP contribution in [0, 0.1) is 6.92 Å². The summed E-state index contributed by atoms with van der Waals surface area (Å²) in [6.07, 6.45) is 6.68. The molecule has 0 bridgehead atoms. The average molecular weight is 560 g/mol. The fraction of sp³-hybridized carbons (Fsp3) is 0.387. The number of benzene rings is 1. The number of anilines is 2. The Labute approximate surface area is 239 Å². The predicted octanol–water partition coefficient (Wildman–Crippen LogP) is 5.29. The van der Waals surface area contributed by atoms with Gasteiger partial charge in [-0.3, -0.25) is 9.78 Å². The molecule has 3 N–H and O–H groups in total. The molecular formula is C31H37N5O5. The summed E-state index contributed by atoms with van der Waals surface area (Å²) in [6.45, 7) is 5.76. The number of carbonyl (C=O) groups excluding carboxylic acids is 1. The van der Waals surface area contributed by atoms with Gasteiger partial charge in [0.1, 0.15) is 22.8 Å². The normalized spacial score (nSPS) is 17.0. The Bertz CT molecular complexity index is 1520. The highest BCUT2D eigenvalue weighted by Gasteiger charge is 2.23. The third kappa shape index (κ3) is 6.38. The molecule has 10 heteroatoms. The minimum Gasteiger partial charge on any atom is -0.496 e. The number of hydrogen-bond donors (Lipinski definition) is 3. The van der Waals surface area contributed by atoms with E-state index in [0.29, 0.717) is 28.6 Å². The van der Waals surface area contributed by atoms with Crippen molar-refractivity contribution in [3.63, 3.8) is 0 Å². The van der Waals surface area contributed by atoms with Crippen molar-refractivity contribution >= 4 is 22.9 Å². The lowest BCUT2D eigenvalue weighted by molar-refractivity contribution is 0.0667. The first-order chi connectivity index (χ1) is 19.7. The number of amides is 1. The highest BCUT2D eigenvalue weighted by molar-refractivity contribution is 6.00. The molecule has 0 spiro atoms. The third-order valence-electron chi connectivity index (χ3n) is 7.14. The van der Waals surface area contributed by atoms with E-state index in [0.717, 1.165) is 53.8 Å². The molecule has 3 heterocycles.